The van der Waals surface area contributed by atoms with Crippen molar-refractivity contribution >= 4 is 10.0 Å². The number of hydrogen-bond acceptors (Lipinski definition) is 3. The van der Waals surface area contributed by atoms with Gasteiger partial charge in [0.1, 0.15) is 0 Å². The van der Waals surface area contributed by atoms with Crippen molar-refractivity contribution in [2.45, 2.75) is 18.9 Å². The Balaban J connectivity index is 2.88. The number of hydrogen-bond donors (Lipinski definition) is 2. The van der Waals surface area contributed by atoms with E-state index in [2.05, 4.69) is 4.72 Å². The van der Waals surface area contributed by atoms with Crippen LogP contribution in [-0.4, -0.2) is 26.7 Å². The lowest BCUT2D eigenvalue weighted by Crippen LogP contribution is -2.31. The minimum absolute atomic E-state index is 0.0208. The van der Waals surface area contributed by atoms with Crippen LogP contribution in [0.2, 0.25) is 0 Å². The van der Waals surface area contributed by atoms with E-state index in [1.807, 2.05) is 0 Å². The summed E-state index contributed by atoms with van der Waals surface area (Å²) in [6.45, 7) is 1.39. The minimum atomic E-state index is -4.59. The summed E-state index contributed by atoms with van der Waals surface area (Å²) in [4.78, 5) is 0. The largest absolute Gasteiger partial charge is 0.416 e. The molecule has 0 saturated carbocycles. The normalized spacial score (nSPS) is 14.2. The first-order valence-electron chi connectivity index (χ1n) is 5.89. The highest BCUT2D eigenvalue weighted by Crippen LogP contribution is 2.32. The molecule has 1 rings (SSSR count). The maximum absolute atomic E-state index is 12.7. The van der Waals surface area contributed by atoms with Crippen LogP contribution in [0.1, 0.15) is 18.1 Å². The zero-order chi connectivity index (χ0) is 15.4. The molecule has 4 nitrogen and oxygen atoms in total. The summed E-state index contributed by atoms with van der Waals surface area (Å²) in [6.07, 6.45) is -4.59. The van der Waals surface area contributed by atoms with Crippen molar-refractivity contribution in [2.75, 3.05) is 13.2 Å². The fourth-order valence-corrected chi connectivity index (χ4v) is 2.81. The summed E-state index contributed by atoms with van der Waals surface area (Å²) in [5, 5.41) is 8.79. The SMILES string of the molecule is CC(CO)CNS(=O)(=O)Cc1ccccc1C(F)(F)F. The number of sulfonamides is 1. The predicted molar refractivity (Wildman–Crippen MR) is 68.3 cm³/mol. The molecule has 0 spiro atoms. The van der Waals surface area contributed by atoms with Crippen LogP contribution in [0.4, 0.5) is 13.2 Å². The van der Waals surface area contributed by atoms with E-state index in [-0.39, 0.29) is 24.6 Å². The van der Waals surface area contributed by atoms with Gasteiger partial charge in [-0.3, -0.25) is 0 Å². The van der Waals surface area contributed by atoms with Gasteiger partial charge in [-0.15, -0.1) is 0 Å². The van der Waals surface area contributed by atoms with Crippen LogP contribution in [0, 0.1) is 5.92 Å². The molecule has 0 aromatic heterocycles. The molecule has 1 atom stereocenters. The second kappa shape index (κ2) is 6.55. The van der Waals surface area contributed by atoms with E-state index < -0.39 is 27.5 Å². The van der Waals surface area contributed by atoms with E-state index >= 15 is 0 Å². The molecule has 0 fully saturated rings. The molecule has 114 valence electrons. The summed E-state index contributed by atoms with van der Waals surface area (Å²) in [5.41, 5.74) is -1.26. The van der Waals surface area contributed by atoms with Gasteiger partial charge in [-0.05, 0) is 17.5 Å². The van der Waals surface area contributed by atoms with E-state index in [0.29, 0.717) is 0 Å². The van der Waals surface area contributed by atoms with E-state index in [9.17, 15) is 21.6 Å². The molecular formula is C12H16F3NO3S. The molecule has 0 aliphatic rings. The lowest BCUT2D eigenvalue weighted by Gasteiger charge is -2.14. The lowest BCUT2D eigenvalue weighted by atomic mass is 10.1. The number of nitrogens with one attached hydrogen (secondary N) is 1. The Labute approximate surface area is 115 Å². The van der Waals surface area contributed by atoms with Gasteiger partial charge in [-0.25, -0.2) is 13.1 Å². The highest BCUT2D eigenvalue weighted by molar-refractivity contribution is 7.88. The van der Waals surface area contributed by atoms with Gasteiger partial charge >= 0.3 is 6.18 Å². The number of aliphatic hydroxyl groups is 1. The monoisotopic (exact) mass is 311 g/mol. The summed E-state index contributed by atoms with van der Waals surface area (Å²) in [7, 11) is -3.88. The van der Waals surface area contributed by atoms with E-state index in [4.69, 9.17) is 5.11 Å². The van der Waals surface area contributed by atoms with Crippen molar-refractivity contribution in [3.8, 4) is 0 Å². The van der Waals surface area contributed by atoms with Gasteiger partial charge in [0.15, 0.2) is 0 Å². The van der Waals surface area contributed by atoms with E-state index in [1.54, 1.807) is 6.92 Å². The molecule has 1 aromatic rings. The Kier molecular flexibility index (Phi) is 5.55. The molecule has 2 N–H and O–H groups in total. The molecular weight excluding hydrogens is 295 g/mol. The van der Waals surface area contributed by atoms with Crippen molar-refractivity contribution in [3.63, 3.8) is 0 Å². The highest BCUT2D eigenvalue weighted by atomic mass is 32.2. The molecule has 0 bridgehead atoms. The zero-order valence-corrected chi connectivity index (χ0v) is 11.6. The van der Waals surface area contributed by atoms with Crippen molar-refractivity contribution in [3.05, 3.63) is 35.4 Å². The van der Waals surface area contributed by atoms with Gasteiger partial charge in [-0.1, -0.05) is 25.1 Å². The Hall–Kier alpha value is -1.12. The molecule has 1 aromatic carbocycles. The molecule has 0 heterocycles. The van der Waals surface area contributed by atoms with Crippen LogP contribution in [0.15, 0.2) is 24.3 Å². The molecule has 8 heteroatoms. The molecule has 0 radical (unpaired) electrons. The Morgan fingerprint density at radius 2 is 1.90 bits per heavy atom. The summed E-state index contributed by atoms with van der Waals surface area (Å²) < 4.78 is 63.9. The van der Waals surface area contributed by atoms with Gasteiger partial charge in [0.25, 0.3) is 0 Å². The van der Waals surface area contributed by atoms with E-state index in [1.165, 1.54) is 12.1 Å². The number of halogens is 3. The van der Waals surface area contributed by atoms with Crippen LogP contribution in [-0.2, 0) is 22.0 Å². The van der Waals surface area contributed by atoms with E-state index in [0.717, 1.165) is 12.1 Å². The quantitative estimate of drug-likeness (QED) is 0.841. The fraction of sp³-hybridized carbons (Fsp3) is 0.500. The van der Waals surface area contributed by atoms with Crippen LogP contribution in [0.25, 0.3) is 0 Å². The average Bonchev–Trinajstić information content (AvgIpc) is 2.35. The molecule has 0 amide bonds. The summed E-state index contributed by atoms with van der Waals surface area (Å²) in [5.74, 6) is -1.05. The average molecular weight is 311 g/mol. The molecule has 20 heavy (non-hydrogen) atoms. The van der Waals surface area contributed by atoms with Crippen molar-refractivity contribution < 1.29 is 26.7 Å². The number of rotatable bonds is 6. The Bertz CT molecular complexity index is 543. The van der Waals surface area contributed by atoms with Gasteiger partial charge in [0.2, 0.25) is 10.0 Å². The lowest BCUT2D eigenvalue weighted by molar-refractivity contribution is -0.138. The van der Waals surface area contributed by atoms with Gasteiger partial charge in [0.05, 0.1) is 11.3 Å². The third kappa shape index (κ3) is 5.10. The van der Waals surface area contributed by atoms with Crippen molar-refractivity contribution in [1.82, 2.24) is 4.72 Å². The second-order valence-electron chi connectivity index (χ2n) is 4.55. The smallest absolute Gasteiger partial charge is 0.396 e. The van der Waals surface area contributed by atoms with Crippen LogP contribution < -0.4 is 4.72 Å². The number of aliphatic hydroxyl groups excluding tert-OH is 1. The van der Waals surface area contributed by atoms with Gasteiger partial charge in [-0.2, -0.15) is 13.2 Å². The first-order valence-corrected chi connectivity index (χ1v) is 7.54. The Morgan fingerprint density at radius 3 is 2.45 bits per heavy atom. The van der Waals surface area contributed by atoms with Crippen molar-refractivity contribution in [1.29, 1.82) is 0 Å². The number of benzene rings is 1. The molecule has 0 saturated heterocycles. The first kappa shape index (κ1) is 16.9. The van der Waals surface area contributed by atoms with Crippen LogP contribution in [0.5, 0.6) is 0 Å². The maximum atomic E-state index is 12.7. The Morgan fingerprint density at radius 1 is 1.30 bits per heavy atom. The third-order valence-corrected chi connectivity index (χ3v) is 3.93. The predicted octanol–water partition coefficient (Wildman–Crippen LogP) is 1.75. The highest BCUT2D eigenvalue weighted by Gasteiger charge is 2.33. The second-order valence-corrected chi connectivity index (χ2v) is 6.36. The first-order chi connectivity index (χ1) is 9.15. The van der Waals surface area contributed by atoms with Gasteiger partial charge in [0, 0.05) is 13.2 Å². The molecule has 1 unspecified atom stereocenters. The fourth-order valence-electron chi connectivity index (χ4n) is 1.51. The minimum Gasteiger partial charge on any atom is -0.396 e. The van der Waals surface area contributed by atoms with Crippen LogP contribution >= 0.6 is 0 Å². The summed E-state index contributed by atoms with van der Waals surface area (Å²) in [6, 6.07) is 4.55. The maximum Gasteiger partial charge on any atom is 0.416 e. The standard InChI is InChI=1S/C12H16F3NO3S/c1-9(7-17)6-16-20(18,19)8-10-4-2-3-5-11(10)12(13,14)15/h2-5,9,16-17H,6-8H2,1H3. The number of alkyl halides is 3. The summed E-state index contributed by atoms with van der Waals surface area (Å²) >= 11 is 0. The van der Waals surface area contributed by atoms with Crippen molar-refractivity contribution in [2.24, 2.45) is 5.92 Å². The molecule has 0 aliphatic heterocycles. The topological polar surface area (TPSA) is 66.4 Å². The zero-order valence-electron chi connectivity index (χ0n) is 10.8. The van der Waals surface area contributed by atoms with Gasteiger partial charge < -0.3 is 5.11 Å². The van der Waals surface area contributed by atoms with Crippen LogP contribution in [0.3, 0.4) is 0 Å². The molecule has 0 aliphatic carbocycles. The third-order valence-electron chi connectivity index (χ3n) is 2.63.